The Bertz CT molecular complexity index is 616. The van der Waals surface area contributed by atoms with Gasteiger partial charge in [0.05, 0.1) is 11.1 Å². The predicted molar refractivity (Wildman–Crippen MR) is 89.0 cm³/mol. The molecule has 0 aromatic heterocycles. The summed E-state index contributed by atoms with van der Waals surface area (Å²) in [5.74, 6) is 0.550. The van der Waals surface area contributed by atoms with Crippen LogP contribution in [0.5, 0.6) is 5.75 Å². The van der Waals surface area contributed by atoms with Crippen LogP contribution in [0.15, 0.2) is 42.5 Å². The predicted octanol–water partition coefficient (Wildman–Crippen LogP) is 4.60. The molecule has 0 heterocycles. The molecule has 0 unspecified atom stereocenters. The summed E-state index contributed by atoms with van der Waals surface area (Å²) >= 11 is 6.20. The second-order valence-corrected chi connectivity index (χ2v) is 5.86. The number of hydrogen-bond donors (Lipinski definition) is 1. The SMILES string of the molecule is CC(C)Oc1ccc(CNCCc2ccccc2F)cc1Cl. The van der Waals surface area contributed by atoms with Crippen LogP contribution >= 0.6 is 11.6 Å². The zero-order valence-corrected chi connectivity index (χ0v) is 13.7. The third-order valence-corrected chi connectivity index (χ3v) is 3.51. The quantitative estimate of drug-likeness (QED) is 0.753. The van der Waals surface area contributed by atoms with Gasteiger partial charge in [-0.05, 0) is 56.1 Å². The zero-order valence-electron chi connectivity index (χ0n) is 12.9. The molecule has 0 amide bonds. The molecule has 2 aromatic carbocycles. The molecule has 0 saturated heterocycles. The Kier molecular flexibility index (Phi) is 6.22. The van der Waals surface area contributed by atoms with Crippen LogP contribution in [0.25, 0.3) is 0 Å². The number of nitrogens with one attached hydrogen (secondary N) is 1. The smallest absolute Gasteiger partial charge is 0.138 e. The number of halogens is 2. The van der Waals surface area contributed by atoms with Gasteiger partial charge in [-0.3, -0.25) is 0 Å². The molecule has 0 saturated carbocycles. The lowest BCUT2D eigenvalue weighted by Crippen LogP contribution is -2.17. The molecular weight excluding hydrogens is 301 g/mol. The molecule has 4 heteroatoms. The number of hydrogen-bond acceptors (Lipinski definition) is 2. The summed E-state index contributed by atoms with van der Waals surface area (Å²) in [4.78, 5) is 0. The van der Waals surface area contributed by atoms with Crippen molar-refractivity contribution in [2.75, 3.05) is 6.54 Å². The molecule has 0 radical (unpaired) electrons. The summed E-state index contributed by atoms with van der Waals surface area (Å²) in [5, 5.41) is 3.91. The highest BCUT2D eigenvalue weighted by Crippen LogP contribution is 2.26. The van der Waals surface area contributed by atoms with Crippen LogP contribution in [-0.2, 0) is 13.0 Å². The maximum absolute atomic E-state index is 13.5. The maximum Gasteiger partial charge on any atom is 0.138 e. The summed E-state index contributed by atoms with van der Waals surface area (Å²) in [7, 11) is 0. The van der Waals surface area contributed by atoms with Crippen LogP contribution < -0.4 is 10.1 Å². The van der Waals surface area contributed by atoms with Gasteiger partial charge in [0, 0.05) is 6.54 Å². The molecule has 0 aliphatic carbocycles. The van der Waals surface area contributed by atoms with Crippen LogP contribution in [-0.4, -0.2) is 12.6 Å². The van der Waals surface area contributed by atoms with E-state index in [4.69, 9.17) is 16.3 Å². The van der Waals surface area contributed by atoms with E-state index < -0.39 is 0 Å². The van der Waals surface area contributed by atoms with Gasteiger partial charge in [0.2, 0.25) is 0 Å². The molecule has 0 atom stereocenters. The molecule has 0 bridgehead atoms. The van der Waals surface area contributed by atoms with E-state index in [1.54, 1.807) is 6.07 Å². The second kappa shape index (κ2) is 8.16. The zero-order chi connectivity index (χ0) is 15.9. The molecule has 0 spiro atoms. The topological polar surface area (TPSA) is 21.3 Å². The van der Waals surface area contributed by atoms with E-state index in [0.29, 0.717) is 30.3 Å². The minimum Gasteiger partial charge on any atom is -0.489 e. The highest BCUT2D eigenvalue weighted by atomic mass is 35.5. The molecule has 0 fully saturated rings. The Balaban J connectivity index is 1.82. The van der Waals surface area contributed by atoms with Crippen LogP contribution in [0.1, 0.15) is 25.0 Å². The Morgan fingerprint density at radius 2 is 1.95 bits per heavy atom. The van der Waals surface area contributed by atoms with Gasteiger partial charge in [-0.15, -0.1) is 0 Å². The fourth-order valence-corrected chi connectivity index (χ4v) is 2.41. The molecule has 2 aromatic rings. The van der Waals surface area contributed by atoms with E-state index in [-0.39, 0.29) is 11.9 Å². The van der Waals surface area contributed by atoms with Crippen molar-refractivity contribution in [3.05, 3.63) is 64.4 Å². The van der Waals surface area contributed by atoms with Gasteiger partial charge in [0.1, 0.15) is 11.6 Å². The first kappa shape index (κ1) is 16.8. The lowest BCUT2D eigenvalue weighted by Gasteiger charge is -2.12. The number of benzene rings is 2. The summed E-state index contributed by atoms with van der Waals surface area (Å²) in [6.07, 6.45) is 0.761. The van der Waals surface area contributed by atoms with Crippen LogP contribution in [0, 0.1) is 5.82 Å². The van der Waals surface area contributed by atoms with E-state index in [2.05, 4.69) is 5.32 Å². The van der Waals surface area contributed by atoms with Crippen molar-refractivity contribution >= 4 is 11.6 Å². The maximum atomic E-state index is 13.5. The summed E-state index contributed by atoms with van der Waals surface area (Å²) in [6.45, 7) is 5.34. The Morgan fingerprint density at radius 3 is 2.64 bits per heavy atom. The second-order valence-electron chi connectivity index (χ2n) is 5.45. The third kappa shape index (κ3) is 5.00. The minimum absolute atomic E-state index is 0.0993. The van der Waals surface area contributed by atoms with E-state index >= 15 is 0 Å². The summed E-state index contributed by atoms with van der Waals surface area (Å²) in [6, 6.07) is 12.6. The average molecular weight is 322 g/mol. The molecule has 0 aliphatic rings. The van der Waals surface area contributed by atoms with E-state index in [0.717, 1.165) is 11.1 Å². The molecule has 0 aliphatic heterocycles. The standard InChI is InChI=1S/C18H21ClFNO/c1-13(2)22-18-8-7-14(11-16(18)19)12-21-10-9-15-5-3-4-6-17(15)20/h3-8,11,13,21H,9-10,12H2,1-2H3. The summed E-state index contributed by atoms with van der Waals surface area (Å²) in [5.41, 5.74) is 1.81. The molecule has 118 valence electrons. The highest BCUT2D eigenvalue weighted by Gasteiger charge is 2.05. The number of ether oxygens (including phenoxy) is 1. The van der Waals surface area contributed by atoms with Gasteiger partial charge in [-0.25, -0.2) is 4.39 Å². The van der Waals surface area contributed by atoms with E-state index in [1.807, 2.05) is 44.2 Å². The molecular formula is C18H21ClFNO. The average Bonchev–Trinajstić information content (AvgIpc) is 2.47. The molecule has 1 N–H and O–H groups in total. The number of rotatable bonds is 7. The Morgan fingerprint density at radius 1 is 1.18 bits per heavy atom. The monoisotopic (exact) mass is 321 g/mol. The third-order valence-electron chi connectivity index (χ3n) is 3.22. The summed E-state index contributed by atoms with van der Waals surface area (Å²) < 4.78 is 19.1. The first-order chi connectivity index (χ1) is 10.6. The van der Waals surface area contributed by atoms with Gasteiger partial charge in [0.25, 0.3) is 0 Å². The normalized spacial score (nSPS) is 11.0. The Labute approximate surface area is 136 Å². The van der Waals surface area contributed by atoms with Crippen molar-refractivity contribution in [2.45, 2.75) is 32.9 Å². The van der Waals surface area contributed by atoms with E-state index in [9.17, 15) is 4.39 Å². The fraction of sp³-hybridized carbons (Fsp3) is 0.333. The molecule has 22 heavy (non-hydrogen) atoms. The van der Waals surface area contributed by atoms with Crippen molar-refractivity contribution in [3.63, 3.8) is 0 Å². The van der Waals surface area contributed by atoms with Crippen molar-refractivity contribution in [3.8, 4) is 5.75 Å². The lowest BCUT2D eigenvalue weighted by atomic mass is 10.1. The van der Waals surface area contributed by atoms with Crippen molar-refractivity contribution < 1.29 is 9.13 Å². The van der Waals surface area contributed by atoms with Gasteiger partial charge < -0.3 is 10.1 Å². The highest BCUT2D eigenvalue weighted by molar-refractivity contribution is 6.32. The largest absolute Gasteiger partial charge is 0.489 e. The molecule has 2 nitrogen and oxygen atoms in total. The van der Waals surface area contributed by atoms with Crippen LogP contribution in [0.2, 0.25) is 5.02 Å². The van der Waals surface area contributed by atoms with Gasteiger partial charge in [-0.2, -0.15) is 0 Å². The minimum atomic E-state index is -0.150. The Hall–Kier alpha value is -1.58. The van der Waals surface area contributed by atoms with Crippen molar-refractivity contribution in [2.24, 2.45) is 0 Å². The van der Waals surface area contributed by atoms with E-state index in [1.165, 1.54) is 6.07 Å². The van der Waals surface area contributed by atoms with Gasteiger partial charge in [-0.1, -0.05) is 35.9 Å². The van der Waals surface area contributed by atoms with Crippen molar-refractivity contribution in [1.82, 2.24) is 5.32 Å². The lowest BCUT2D eigenvalue weighted by molar-refractivity contribution is 0.242. The van der Waals surface area contributed by atoms with Crippen LogP contribution in [0.4, 0.5) is 4.39 Å². The fourth-order valence-electron chi connectivity index (χ4n) is 2.16. The first-order valence-electron chi connectivity index (χ1n) is 7.45. The van der Waals surface area contributed by atoms with Crippen molar-refractivity contribution in [1.29, 1.82) is 0 Å². The van der Waals surface area contributed by atoms with Gasteiger partial charge in [0.15, 0.2) is 0 Å². The first-order valence-corrected chi connectivity index (χ1v) is 7.83. The van der Waals surface area contributed by atoms with Crippen LogP contribution in [0.3, 0.4) is 0 Å². The molecule has 2 rings (SSSR count). The van der Waals surface area contributed by atoms with Gasteiger partial charge >= 0.3 is 0 Å².